The molecule has 3 rings (SSSR count). The van der Waals surface area contributed by atoms with E-state index in [1.54, 1.807) is 11.6 Å². The molecule has 7 nitrogen and oxygen atoms in total. The van der Waals surface area contributed by atoms with Gasteiger partial charge in [0, 0.05) is 32.9 Å². The van der Waals surface area contributed by atoms with Crippen molar-refractivity contribution in [2.75, 3.05) is 19.6 Å². The van der Waals surface area contributed by atoms with Crippen LogP contribution in [0, 0.1) is 5.92 Å². The molecule has 1 aromatic heterocycles. The Balaban J connectivity index is 1.56. The molecule has 1 amide bonds. The number of hydrogen-bond donors (Lipinski definition) is 1. The topological polar surface area (TPSA) is 84.3 Å². The third kappa shape index (κ3) is 4.31. The second-order valence-electron chi connectivity index (χ2n) is 6.61. The predicted octanol–water partition coefficient (Wildman–Crippen LogP) is 1.18. The van der Waals surface area contributed by atoms with Crippen molar-refractivity contribution in [2.24, 2.45) is 13.0 Å². The summed E-state index contributed by atoms with van der Waals surface area (Å²) in [5.74, 6) is -0.403. The molecule has 0 spiro atoms. The van der Waals surface area contributed by atoms with Crippen LogP contribution in [-0.2, 0) is 28.3 Å². The van der Waals surface area contributed by atoms with E-state index in [9.17, 15) is 13.2 Å². The number of nitrogens with zero attached hydrogens (tertiary/aromatic N) is 3. The molecule has 1 fully saturated rings. The van der Waals surface area contributed by atoms with E-state index in [0.29, 0.717) is 25.9 Å². The highest BCUT2D eigenvalue weighted by Crippen LogP contribution is 2.23. The van der Waals surface area contributed by atoms with Crippen LogP contribution in [0.25, 0.3) is 0 Å². The van der Waals surface area contributed by atoms with E-state index in [2.05, 4.69) is 10.3 Å². The summed E-state index contributed by atoms with van der Waals surface area (Å²) in [6.07, 6.45) is 5.08. The molecule has 0 aliphatic carbocycles. The van der Waals surface area contributed by atoms with E-state index >= 15 is 0 Å². The molecule has 8 heteroatoms. The average molecular weight is 376 g/mol. The molecule has 140 valence electrons. The highest BCUT2D eigenvalue weighted by molar-refractivity contribution is 7.89. The number of sulfonamides is 1. The molecule has 2 heterocycles. The normalized spacial score (nSPS) is 18.6. The zero-order valence-corrected chi connectivity index (χ0v) is 15.7. The lowest BCUT2D eigenvalue weighted by Crippen LogP contribution is -2.45. The number of aromatic nitrogens is 2. The summed E-state index contributed by atoms with van der Waals surface area (Å²) >= 11 is 0. The molecule has 1 aliphatic heterocycles. The first-order chi connectivity index (χ1) is 12.5. The molecule has 1 aliphatic rings. The smallest absolute Gasteiger partial charge is 0.262 e. The number of aryl methyl sites for hydroxylation is 1. The largest absolute Gasteiger partial charge is 0.355 e. The van der Waals surface area contributed by atoms with Crippen LogP contribution >= 0.6 is 0 Å². The minimum atomic E-state index is -3.65. The molecular formula is C18H24N4O3S. The maximum Gasteiger partial charge on any atom is 0.262 e. The maximum absolute atomic E-state index is 12.7. The fourth-order valence-electron chi connectivity index (χ4n) is 3.15. The number of piperidine rings is 1. The van der Waals surface area contributed by atoms with E-state index < -0.39 is 10.0 Å². The summed E-state index contributed by atoms with van der Waals surface area (Å²) in [6, 6.07) is 9.94. The van der Waals surface area contributed by atoms with Crippen molar-refractivity contribution in [1.82, 2.24) is 19.2 Å². The van der Waals surface area contributed by atoms with Crippen molar-refractivity contribution < 1.29 is 13.2 Å². The Morgan fingerprint density at radius 3 is 2.77 bits per heavy atom. The van der Waals surface area contributed by atoms with Gasteiger partial charge in [-0.3, -0.25) is 4.79 Å². The molecule has 2 aromatic rings. The third-order valence-electron chi connectivity index (χ3n) is 4.60. The van der Waals surface area contributed by atoms with Gasteiger partial charge in [0.1, 0.15) is 0 Å². The zero-order chi connectivity index (χ0) is 18.6. The Morgan fingerprint density at radius 2 is 2.08 bits per heavy atom. The Bertz CT molecular complexity index is 848. The first-order valence-electron chi connectivity index (χ1n) is 8.76. The van der Waals surface area contributed by atoms with Crippen LogP contribution in [0.2, 0.25) is 0 Å². The standard InChI is InChI=1S/C18H24N4O3S/c1-21-13-17(20-14-21)26(24,25)22-11-5-8-16(12-22)18(23)19-10-9-15-6-3-2-4-7-15/h2-4,6-7,13-14,16H,5,8-12H2,1H3,(H,19,23)/t16-/m1/s1. The molecule has 1 atom stereocenters. The summed E-state index contributed by atoms with van der Waals surface area (Å²) in [6.45, 7) is 1.18. The lowest BCUT2D eigenvalue weighted by atomic mass is 9.99. The highest BCUT2D eigenvalue weighted by atomic mass is 32.2. The molecule has 1 N–H and O–H groups in total. The number of benzene rings is 1. The molecule has 0 unspecified atom stereocenters. The Hall–Kier alpha value is -2.19. The van der Waals surface area contributed by atoms with Gasteiger partial charge in [0.2, 0.25) is 5.91 Å². The van der Waals surface area contributed by atoms with Gasteiger partial charge in [0.15, 0.2) is 5.03 Å². The quantitative estimate of drug-likeness (QED) is 0.820. The van der Waals surface area contributed by atoms with Crippen molar-refractivity contribution in [3.63, 3.8) is 0 Å². The minimum absolute atomic E-state index is 0.0325. The number of imidazole rings is 1. The molecular weight excluding hydrogens is 352 g/mol. The van der Waals surface area contributed by atoms with Crippen LogP contribution in [0.3, 0.4) is 0 Å². The van der Waals surface area contributed by atoms with Crippen LogP contribution in [0.1, 0.15) is 18.4 Å². The summed E-state index contributed by atoms with van der Waals surface area (Å²) in [5, 5.41) is 2.97. The maximum atomic E-state index is 12.7. The summed E-state index contributed by atoms with van der Waals surface area (Å²) in [5.41, 5.74) is 1.16. The van der Waals surface area contributed by atoms with Gasteiger partial charge < -0.3 is 9.88 Å². The van der Waals surface area contributed by atoms with Crippen molar-refractivity contribution >= 4 is 15.9 Å². The monoisotopic (exact) mass is 376 g/mol. The van der Waals surface area contributed by atoms with Gasteiger partial charge in [-0.1, -0.05) is 30.3 Å². The van der Waals surface area contributed by atoms with E-state index in [4.69, 9.17) is 0 Å². The van der Waals surface area contributed by atoms with Gasteiger partial charge >= 0.3 is 0 Å². The second-order valence-corrected chi connectivity index (χ2v) is 8.49. The van der Waals surface area contributed by atoms with Crippen molar-refractivity contribution in [3.8, 4) is 0 Å². The van der Waals surface area contributed by atoms with Crippen LogP contribution in [0.4, 0.5) is 0 Å². The Kier molecular flexibility index (Phi) is 5.73. The average Bonchev–Trinajstić information content (AvgIpc) is 3.10. The SMILES string of the molecule is Cn1cnc(S(=O)(=O)N2CCC[C@@H](C(=O)NCCc3ccccc3)C2)c1. The summed E-state index contributed by atoms with van der Waals surface area (Å²) in [7, 11) is -1.92. The fraction of sp³-hybridized carbons (Fsp3) is 0.444. The Morgan fingerprint density at radius 1 is 1.31 bits per heavy atom. The summed E-state index contributed by atoms with van der Waals surface area (Å²) < 4.78 is 28.3. The van der Waals surface area contributed by atoms with Gasteiger partial charge in [-0.05, 0) is 24.8 Å². The van der Waals surface area contributed by atoms with Crippen LogP contribution in [-0.4, -0.2) is 47.8 Å². The zero-order valence-electron chi connectivity index (χ0n) is 14.8. The molecule has 26 heavy (non-hydrogen) atoms. The molecule has 0 radical (unpaired) electrons. The first-order valence-corrected chi connectivity index (χ1v) is 10.2. The van der Waals surface area contributed by atoms with Crippen molar-refractivity contribution in [2.45, 2.75) is 24.3 Å². The van der Waals surface area contributed by atoms with E-state index in [0.717, 1.165) is 12.0 Å². The molecule has 0 bridgehead atoms. The van der Waals surface area contributed by atoms with Crippen molar-refractivity contribution in [3.05, 3.63) is 48.4 Å². The van der Waals surface area contributed by atoms with Crippen molar-refractivity contribution in [1.29, 1.82) is 0 Å². The van der Waals surface area contributed by atoms with Crippen LogP contribution in [0.5, 0.6) is 0 Å². The number of rotatable bonds is 6. The third-order valence-corrected chi connectivity index (χ3v) is 6.35. The lowest BCUT2D eigenvalue weighted by molar-refractivity contribution is -0.126. The fourth-order valence-corrected chi connectivity index (χ4v) is 4.64. The van der Waals surface area contributed by atoms with Crippen LogP contribution in [0.15, 0.2) is 47.9 Å². The Labute approximate surface area is 154 Å². The first kappa shape index (κ1) is 18.6. The summed E-state index contributed by atoms with van der Waals surface area (Å²) in [4.78, 5) is 16.4. The minimum Gasteiger partial charge on any atom is -0.355 e. The highest BCUT2D eigenvalue weighted by Gasteiger charge is 2.34. The van der Waals surface area contributed by atoms with E-state index in [1.807, 2.05) is 30.3 Å². The van der Waals surface area contributed by atoms with E-state index in [-0.39, 0.29) is 23.4 Å². The number of amides is 1. The number of carbonyl (C=O) groups is 1. The number of hydrogen-bond acceptors (Lipinski definition) is 4. The molecule has 0 saturated carbocycles. The predicted molar refractivity (Wildman–Crippen MR) is 97.8 cm³/mol. The van der Waals surface area contributed by atoms with E-state index in [1.165, 1.54) is 16.8 Å². The van der Waals surface area contributed by atoms with Crippen LogP contribution < -0.4 is 5.32 Å². The second kappa shape index (κ2) is 8.01. The van der Waals surface area contributed by atoms with Gasteiger partial charge in [-0.25, -0.2) is 13.4 Å². The number of carbonyl (C=O) groups excluding carboxylic acids is 1. The number of nitrogens with one attached hydrogen (secondary N) is 1. The van der Waals surface area contributed by atoms with Gasteiger partial charge in [0.05, 0.1) is 12.2 Å². The van der Waals surface area contributed by atoms with Gasteiger partial charge in [-0.15, -0.1) is 0 Å². The molecule has 1 saturated heterocycles. The molecule has 1 aromatic carbocycles. The van der Waals surface area contributed by atoms with Gasteiger partial charge in [0.25, 0.3) is 10.0 Å². The lowest BCUT2D eigenvalue weighted by Gasteiger charge is -2.30. The van der Waals surface area contributed by atoms with Gasteiger partial charge in [-0.2, -0.15) is 4.31 Å².